The van der Waals surface area contributed by atoms with Crippen LogP contribution in [-0.2, 0) is 10.0 Å². The van der Waals surface area contributed by atoms with Gasteiger partial charge in [-0.1, -0.05) is 17.7 Å². The van der Waals surface area contributed by atoms with Gasteiger partial charge in [0, 0.05) is 49.6 Å². The third-order valence-electron chi connectivity index (χ3n) is 5.81. The third-order valence-corrected chi connectivity index (χ3v) is 7.93. The van der Waals surface area contributed by atoms with Gasteiger partial charge >= 0.3 is 0 Å². The molecular weight excluding hydrogens is 408 g/mol. The van der Waals surface area contributed by atoms with E-state index < -0.39 is 10.0 Å². The van der Waals surface area contributed by atoms with Gasteiger partial charge in [-0.25, -0.2) is 13.4 Å². The molecule has 1 aromatic heterocycles. The Labute approximate surface area is 177 Å². The van der Waals surface area contributed by atoms with Gasteiger partial charge in [0.15, 0.2) is 0 Å². The van der Waals surface area contributed by atoms with Crippen LogP contribution in [-0.4, -0.2) is 50.4 Å². The van der Waals surface area contributed by atoms with Crippen LogP contribution in [0.5, 0.6) is 0 Å². The van der Waals surface area contributed by atoms with Crippen molar-refractivity contribution < 1.29 is 8.42 Å². The molecule has 0 radical (unpaired) electrons. The number of aryl methyl sites for hydroxylation is 1. The molecule has 4 rings (SSSR count). The number of hydrogen-bond donors (Lipinski definition) is 1. The van der Waals surface area contributed by atoms with Crippen molar-refractivity contribution in [2.75, 3.05) is 42.9 Å². The molecule has 2 aliphatic heterocycles. The largest absolute Gasteiger partial charge is 0.371 e. The van der Waals surface area contributed by atoms with E-state index in [1.54, 1.807) is 16.4 Å². The second-order valence-corrected chi connectivity index (χ2v) is 10.3. The Morgan fingerprint density at radius 2 is 1.97 bits per heavy atom. The summed E-state index contributed by atoms with van der Waals surface area (Å²) in [6.45, 7) is 6.10. The number of nitrogens with one attached hydrogen (secondary N) is 1. The predicted molar refractivity (Wildman–Crippen MR) is 117 cm³/mol. The quantitative estimate of drug-likeness (QED) is 0.749. The van der Waals surface area contributed by atoms with Crippen LogP contribution in [0, 0.1) is 12.8 Å². The van der Waals surface area contributed by atoms with Crippen LogP contribution in [0.25, 0.3) is 0 Å². The summed E-state index contributed by atoms with van der Waals surface area (Å²) in [5, 5.41) is 4.12. The van der Waals surface area contributed by atoms with Crippen molar-refractivity contribution in [2.45, 2.75) is 31.1 Å². The molecule has 0 bridgehead atoms. The molecule has 1 unspecified atom stereocenters. The zero-order valence-corrected chi connectivity index (χ0v) is 18.2. The minimum atomic E-state index is -3.41. The second-order valence-electron chi connectivity index (χ2n) is 7.90. The van der Waals surface area contributed by atoms with E-state index in [1.807, 2.05) is 12.1 Å². The molecule has 156 valence electrons. The lowest BCUT2D eigenvalue weighted by atomic mass is 10.1. The maximum atomic E-state index is 12.6. The normalized spacial score (nSPS) is 20.3. The number of aromatic nitrogens is 1. The Morgan fingerprint density at radius 3 is 2.69 bits per heavy atom. The SMILES string of the molecule is Cc1ccc(Cl)cc1N1CCC(CNc2ccc(S(=O)(=O)N3CCCC3)cn2)C1. The Bertz CT molecular complexity index is 959. The number of hydrogen-bond acceptors (Lipinski definition) is 5. The first kappa shape index (κ1) is 20.4. The number of rotatable bonds is 6. The first-order valence-electron chi connectivity index (χ1n) is 10.1. The van der Waals surface area contributed by atoms with E-state index >= 15 is 0 Å². The first-order chi connectivity index (χ1) is 13.9. The molecular formula is C21H27ClN4O2S. The van der Waals surface area contributed by atoms with Crippen LogP contribution >= 0.6 is 11.6 Å². The van der Waals surface area contributed by atoms with Gasteiger partial charge in [-0.2, -0.15) is 4.31 Å². The standard InChI is InChI=1S/C21H27ClN4O2S/c1-16-4-5-18(22)12-20(16)25-11-8-17(15-25)13-23-21-7-6-19(14-24-21)29(27,28)26-9-2-3-10-26/h4-7,12,14,17H,2-3,8-11,13,15H2,1H3,(H,23,24). The average molecular weight is 435 g/mol. The lowest BCUT2D eigenvalue weighted by molar-refractivity contribution is 0.477. The van der Waals surface area contributed by atoms with Crippen molar-refractivity contribution in [3.05, 3.63) is 47.1 Å². The van der Waals surface area contributed by atoms with E-state index in [0.717, 1.165) is 43.9 Å². The highest BCUT2D eigenvalue weighted by atomic mass is 35.5. The van der Waals surface area contributed by atoms with Gasteiger partial charge < -0.3 is 10.2 Å². The number of pyridine rings is 1. The molecule has 8 heteroatoms. The van der Waals surface area contributed by atoms with E-state index in [0.29, 0.717) is 24.8 Å². The average Bonchev–Trinajstić information content (AvgIpc) is 3.41. The Morgan fingerprint density at radius 1 is 1.17 bits per heavy atom. The van der Waals surface area contributed by atoms with Gasteiger partial charge in [-0.15, -0.1) is 0 Å². The van der Waals surface area contributed by atoms with Crippen molar-refractivity contribution in [3.8, 4) is 0 Å². The van der Waals surface area contributed by atoms with Crippen LogP contribution < -0.4 is 10.2 Å². The van der Waals surface area contributed by atoms with Gasteiger partial charge in [-0.05, 0) is 61.9 Å². The molecule has 0 aliphatic carbocycles. The minimum Gasteiger partial charge on any atom is -0.371 e. The summed E-state index contributed by atoms with van der Waals surface area (Å²) in [5.41, 5.74) is 2.44. The molecule has 0 spiro atoms. The highest BCUT2D eigenvalue weighted by molar-refractivity contribution is 7.89. The summed E-state index contributed by atoms with van der Waals surface area (Å²) in [4.78, 5) is 6.99. The predicted octanol–water partition coefficient (Wildman–Crippen LogP) is 3.77. The van der Waals surface area contributed by atoms with Crippen LogP contribution in [0.2, 0.25) is 5.02 Å². The van der Waals surface area contributed by atoms with Gasteiger partial charge in [0.05, 0.1) is 0 Å². The molecule has 2 saturated heterocycles. The van der Waals surface area contributed by atoms with Crippen molar-refractivity contribution in [1.29, 1.82) is 0 Å². The molecule has 2 fully saturated rings. The van der Waals surface area contributed by atoms with E-state index in [9.17, 15) is 8.42 Å². The molecule has 6 nitrogen and oxygen atoms in total. The number of anilines is 2. The van der Waals surface area contributed by atoms with Gasteiger partial charge in [0.1, 0.15) is 10.7 Å². The first-order valence-corrected chi connectivity index (χ1v) is 12.0. The molecule has 2 aromatic rings. The number of nitrogens with zero attached hydrogens (tertiary/aromatic N) is 3. The topological polar surface area (TPSA) is 65.5 Å². The van der Waals surface area contributed by atoms with E-state index in [-0.39, 0.29) is 4.90 Å². The fourth-order valence-electron chi connectivity index (χ4n) is 4.11. The fraction of sp³-hybridized carbons (Fsp3) is 0.476. The molecule has 1 atom stereocenters. The van der Waals surface area contributed by atoms with Crippen molar-refractivity contribution >= 4 is 33.1 Å². The molecule has 29 heavy (non-hydrogen) atoms. The lowest BCUT2D eigenvalue weighted by Gasteiger charge is -2.21. The molecule has 3 heterocycles. The minimum absolute atomic E-state index is 0.272. The van der Waals surface area contributed by atoms with Crippen molar-refractivity contribution in [2.24, 2.45) is 5.92 Å². The summed E-state index contributed by atoms with van der Waals surface area (Å²) in [7, 11) is -3.41. The summed E-state index contributed by atoms with van der Waals surface area (Å²) in [6.07, 6.45) is 4.42. The van der Waals surface area contributed by atoms with E-state index in [2.05, 4.69) is 28.2 Å². The lowest BCUT2D eigenvalue weighted by Crippen LogP contribution is -2.28. The zero-order valence-electron chi connectivity index (χ0n) is 16.6. The molecule has 1 aromatic carbocycles. The third kappa shape index (κ3) is 4.52. The number of benzene rings is 1. The fourth-order valence-corrected chi connectivity index (χ4v) is 5.73. The number of halogens is 1. The Kier molecular flexibility index (Phi) is 5.99. The maximum Gasteiger partial charge on any atom is 0.244 e. The van der Waals surface area contributed by atoms with Crippen LogP contribution in [0.1, 0.15) is 24.8 Å². The highest BCUT2D eigenvalue weighted by Gasteiger charge is 2.27. The van der Waals surface area contributed by atoms with E-state index in [1.165, 1.54) is 17.4 Å². The summed E-state index contributed by atoms with van der Waals surface area (Å²) < 4.78 is 26.7. The van der Waals surface area contributed by atoms with Crippen molar-refractivity contribution in [1.82, 2.24) is 9.29 Å². The number of sulfonamides is 1. The molecule has 0 saturated carbocycles. The highest BCUT2D eigenvalue weighted by Crippen LogP contribution is 2.29. The van der Waals surface area contributed by atoms with Gasteiger partial charge in [-0.3, -0.25) is 0 Å². The van der Waals surface area contributed by atoms with E-state index in [4.69, 9.17) is 11.6 Å². The molecule has 0 amide bonds. The van der Waals surface area contributed by atoms with Crippen LogP contribution in [0.15, 0.2) is 41.4 Å². The van der Waals surface area contributed by atoms with Gasteiger partial charge in [0.25, 0.3) is 0 Å². The summed E-state index contributed by atoms with van der Waals surface area (Å²) >= 11 is 6.17. The summed E-state index contributed by atoms with van der Waals surface area (Å²) in [5.74, 6) is 1.21. The summed E-state index contributed by atoms with van der Waals surface area (Å²) in [6, 6.07) is 9.43. The molecule has 1 N–H and O–H groups in total. The van der Waals surface area contributed by atoms with Crippen LogP contribution in [0.4, 0.5) is 11.5 Å². The molecule has 2 aliphatic rings. The second kappa shape index (κ2) is 8.50. The maximum absolute atomic E-state index is 12.6. The Hall–Kier alpha value is -1.83. The van der Waals surface area contributed by atoms with Crippen LogP contribution in [0.3, 0.4) is 0 Å². The Balaban J connectivity index is 1.33. The monoisotopic (exact) mass is 434 g/mol. The smallest absolute Gasteiger partial charge is 0.244 e. The van der Waals surface area contributed by atoms with Crippen molar-refractivity contribution in [3.63, 3.8) is 0 Å². The zero-order chi connectivity index (χ0) is 20.4. The van der Waals surface area contributed by atoms with Gasteiger partial charge in [0.2, 0.25) is 10.0 Å².